The predicted octanol–water partition coefficient (Wildman–Crippen LogP) is 3.66. The summed E-state index contributed by atoms with van der Waals surface area (Å²) < 4.78 is 6.34. The Balaban J connectivity index is 1.85. The lowest BCUT2D eigenvalue weighted by Gasteiger charge is -2.28. The Morgan fingerprint density at radius 3 is 2.64 bits per heavy atom. The minimum absolute atomic E-state index is 0.0328. The summed E-state index contributed by atoms with van der Waals surface area (Å²) in [5, 5.41) is 3.20. The summed E-state index contributed by atoms with van der Waals surface area (Å²) in [4.78, 5) is 16.8. The molecule has 0 saturated carbocycles. The first-order valence-electron chi connectivity index (χ1n) is 8.26. The van der Waals surface area contributed by atoms with E-state index in [1.54, 1.807) is 7.11 Å². The van der Waals surface area contributed by atoms with E-state index in [1.165, 1.54) is 0 Å². The Labute approximate surface area is 156 Å². The van der Waals surface area contributed by atoms with Gasteiger partial charge in [-0.3, -0.25) is 4.90 Å². The Bertz CT molecular complexity index is 736. The van der Waals surface area contributed by atoms with Crippen molar-refractivity contribution in [3.63, 3.8) is 0 Å². The number of benzene rings is 2. The fourth-order valence-corrected chi connectivity index (χ4v) is 3.42. The van der Waals surface area contributed by atoms with E-state index in [-0.39, 0.29) is 12.1 Å². The van der Waals surface area contributed by atoms with Crippen LogP contribution in [-0.2, 0) is 0 Å². The van der Waals surface area contributed by atoms with E-state index >= 15 is 0 Å². The highest BCUT2D eigenvalue weighted by Gasteiger charge is 2.35. The molecule has 25 heavy (non-hydrogen) atoms. The van der Waals surface area contributed by atoms with Crippen LogP contribution in [0.3, 0.4) is 0 Å². The highest BCUT2D eigenvalue weighted by molar-refractivity contribution is 9.10. The molecule has 1 unspecified atom stereocenters. The average Bonchev–Trinajstić information content (AvgIpc) is 3.01. The van der Waals surface area contributed by atoms with E-state index in [4.69, 9.17) is 4.74 Å². The van der Waals surface area contributed by atoms with Crippen LogP contribution in [0.4, 0.5) is 10.5 Å². The summed E-state index contributed by atoms with van der Waals surface area (Å²) >= 11 is 3.43. The molecule has 2 aromatic rings. The molecule has 1 fully saturated rings. The molecule has 1 atom stereocenters. The Hall–Kier alpha value is -2.05. The van der Waals surface area contributed by atoms with E-state index in [1.807, 2.05) is 65.4 Å². The summed E-state index contributed by atoms with van der Waals surface area (Å²) in [6.45, 7) is 2.07. The number of nitrogens with one attached hydrogen (secondary N) is 1. The standard InChI is InChI=1S/C19H22BrN3O2/c1-21-13-18(14-4-3-5-17(12-14)25-2)23-11-10-22(19(23)24)16-8-6-15(20)7-9-16/h3-9,12,18,21H,10-11,13H2,1-2H3. The van der Waals surface area contributed by atoms with Gasteiger partial charge in [-0.1, -0.05) is 28.1 Å². The Kier molecular flexibility index (Phi) is 5.60. The second kappa shape index (κ2) is 7.89. The molecule has 1 heterocycles. The molecule has 2 amide bonds. The first-order chi connectivity index (χ1) is 12.1. The highest BCUT2D eigenvalue weighted by Crippen LogP contribution is 2.30. The zero-order valence-corrected chi connectivity index (χ0v) is 16.0. The quantitative estimate of drug-likeness (QED) is 0.800. The fourth-order valence-electron chi connectivity index (χ4n) is 3.15. The number of rotatable bonds is 6. The molecule has 132 valence electrons. The molecule has 1 aliphatic heterocycles. The van der Waals surface area contributed by atoms with Crippen molar-refractivity contribution in [3.8, 4) is 5.75 Å². The molecular formula is C19H22BrN3O2. The third kappa shape index (κ3) is 3.80. The number of anilines is 1. The topological polar surface area (TPSA) is 44.8 Å². The number of nitrogens with zero attached hydrogens (tertiary/aromatic N) is 2. The molecule has 1 aliphatic rings. The summed E-state index contributed by atoms with van der Waals surface area (Å²) in [5.41, 5.74) is 1.99. The molecule has 2 aromatic carbocycles. The van der Waals surface area contributed by atoms with Crippen molar-refractivity contribution in [1.82, 2.24) is 10.2 Å². The monoisotopic (exact) mass is 403 g/mol. The van der Waals surface area contributed by atoms with Gasteiger partial charge in [-0.2, -0.15) is 0 Å². The van der Waals surface area contributed by atoms with Crippen molar-refractivity contribution < 1.29 is 9.53 Å². The van der Waals surface area contributed by atoms with Crippen LogP contribution in [0.2, 0.25) is 0 Å². The van der Waals surface area contributed by atoms with Gasteiger partial charge in [0.15, 0.2) is 0 Å². The van der Waals surface area contributed by atoms with E-state index in [0.29, 0.717) is 19.6 Å². The van der Waals surface area contributed by atoms with Crippen molar-refractivity contribution in [2.24, 2.45) is 0 Å². The van der Waals surface area contributed by atoms with Gasteiger partial charge in [-0.05, 0) is 49.0 Å². The largest absolute Gasteiger partial charge is 0.497 e. The highest BCUT2D eigenvalue weighted by atomic mass is 79.9. The van der Waals surface area contributed by atoms with Crippen molar-refractivity contribution in [1.29, 1.82) is 0 Å². The second-order valence-corrected chi connectivity index (χ2v) is 6.87. The summed E-state index contributed by atoms with van der Waals surface area (Å²) in [5.74, 6) is 0.801. The number of halogens is 1. The van der Waals surface area contributed by atoms with Crippen LogP contribution in [0, 0.1) is 0 Å². The van der Waals surface area contributed by atoms with Crippen LogP contribution in [0.25, 0.3) is 0 Å². The van der Waals surface area contributed by atoms with Crippen molar-refractivity contribution in [2.75, 3.05) is 38.7 Å². The number of carbonyl (C=O) groups excluding carboxylic acids is 1. The SMILES string of the molecule is CNCC(c1cccc(OC)c1)N1CCN(c2ccc(Br)cc2)C1=O. The molecule has 0 spiro atoms. The zero-order valence-electron chi connectivity index (χ0n) is 14.4. The number of hydrogen-bond donors (Lipinski definition) is 1. The van der Waals surface area contributed by atoms with Gasteiger partial charge in [0.2, 0.25) is 0 Å². The average molecular weight is 404 g/mol. The lowest BCUT2D eigenvalue weighted by molar-refractivity contribution is 0.200. The van der Waals surface area contributed by atoms with Gasteiger partial charge in [-0.25, -0.2) is 4.79 Å². The number of carbonyl (C=O) groups is 1. The number of urea groups is 1. The maximum absolute atomic E-state index is 13.0. The zero-order chi connectivity index (χ0) is 17.8. The normalized spacial score (nSPS) is 15.6. The summed E-state index contributed by atoms with van der Waals surface area (Å²) in [6, 6.07) is 15.8. The van der Waals surface area contributed by atoms with Crippen LogP contribution < -0.4 is 15.0 Å². The third-order valence-electron chi connectivity index (χ3n) is 4.43. The molecule has 0 bridgehead atoms. The van der Waals surface area contributed by atoms with Gasteiger partial charge in [0.25, 0.3) is 0 Å². The van der Waals surface area contributed by atoms with E-state index in [9.17, 15) is 4.79 Å². The van der Waals surface area contributed by atoms with Crippen LogP contribution in [0.5, 0.6) is 5.75 Å². The van der Waals surface area contributed by atoms with E-state index in [2.05, 4.69) is 21.2 Å². The fraction of sp³-hybridized carbons (Fsp3) is 0.316. The van der Waals surface area contributed by atoms with Crippen LogP contribution in [0.1, 0.15) is 11.6 Å². The van der Waals surface area contributed by atoms with Crippen molar-refractivity contribution >= 4 is 27.6 Å². The second-order valence-electron chi connectivity index (χ2n) is 5.95. The van der Waals surface area contributed by atoms with Gasteiger partial charge in [0, 0.05) is 29.8 Å². The molecule has 3 rings (SSSR count). The molecule has 6 heteroatoms. The van der Waals surface area contributed by atoms with E-state index in [0.717, 1.165) is 21.5 Å². The first-order valence-corrected chi connectivity index (χ1v) is 9.05. The number of methoxy groups -OCH3 is 1. The smallest absolute Gasteiger partial charge is 0.325 e. The van der Waals surface area contributed by atoms with Crippen molar-refractivity contribution in [2.45, 2.75) is 6.04 Å². The van der Waals surface area contributed by atoms with Gasteiger partial charge in [-0.15, -0.1) is 0 Å². The minimum atomic E-state index is -0.0342. The van der Waals surface area contributed by atoms with Crippen LogP contribution in [-0.4, -0.2) is 44.7 Å². The van der Waals surface area contributed by atoms with Crippen molar-refractivity contribution in [3.05, 3.63) is 58.6 Å². The van der Waals surface area contributed by atoms with Gasteiger partial charge in [0.1, 0.15) is 5.75 Å². The molecule has 1 N–H and O–H groups in total. The maximum Gasteiger partial charge on any atom is 0.325 e. The molecule has 0 aromatic heterocycles. The van der Waals surface area contributed by atoms with Gasteiger partial charge >= 0.3 is 6.03 Å². The van der Waals surface area contributed by atoms with Crippen LogP contribution in [0.15, 0.2) is 53.0 Å². The Morgan fingerprint density at radius 1 is 1.20 bits per heavy atom. The first kappa shape index (κ1) is 17.8. The molecule has 0 radical (unpaired) electrons. The number of ether oxygens (including phenoxy) is 1. The lowest BCUT2D eigenvalue weighted by atomic mass is 10.1. The minimum Gasteiger partial charge on any atom is -0.497 e. The summed E-state index contributed by atoms with van der Waals surface area (Å²) in [7, 11) is 3.56. The number of amides is 2. The van der Waals surface area contributed by atoms with Crippen LogP contribution >= 0.6 is 15.9 Å². The van der Waals surface area contributed by atoms with Gasteiger partial charge < -0.3 is 15.0 Å². The maximum atomic E-state index is 13.0. The molecule has 5 nitrogen and oxygen atoms in total. The number of hydrogen-bond acceptors (Lipinski definition) is 3. The Morgan fingerprint density at radius 2 is 1.96 bits per heavy atom. The molecule has 1 saturated heterocycles. The third-order valence-corrected chi connectivity index (χ3v) is 4.96. The summed E-state index contributed by atoms with van der Waals surface area (Å²) in [6.07, 6.45) is 0. The number of likely N-dealkylation sites (N-methyl/N-ethyl adjacent to an activating group) is 1. The molecule has 0 aliphatic carbocycles. The molecular weight excluding hydrogens is 382 g/mol. The van der Waals surface area contributed by atoms with Gasteiger partial charge in [0.05, 0.1) is 13.2 Å². The van der Waals surface area contributed by atoms with E-state index < -0.39 is 0 Å². The predicted molar refractivity (Wildman–Crippen MR) is 103 cm³/mol. The lowest BCUT2D eigenvalue weighted by Crippen LogP contribution is -2.38.